The zero-order chi connectivity index (χ0) is 17.2. The highest BCUT2D eigenvalue weighted by Gasteiger charge is 2.31. The summed E-state index contributed by atoms with van der Waals surface area (Å²) in [5.74, 6) is 1.03. The van der Waals surface area contributed by atoms with Crippen LogP contribution in [-0.2, 0) is 13.0 Å². The fourth-order valence-electron chi connectivity index (χ4n) is 3.95. The number of benzene rings is 1. The molecule has 0 saturated carbocycles. The minimum atomic E-state index is 0.389. The van der Waals surface area contributed by atoms with Gasteiger partial charge < -0.3 is 4.52 Å². The van der Waals surface area contributed by atoms with E-state index in [1.54, 1.807) is 0 Å². The average molecular weight is 336 g/mol. The van der Waals surface area contributed by atoms with Gasteiger partial charge in [-0.3, -0.25) is 10.00 Å². The zero-order valence-electron chi connectivity index (χ0n) is 14.8. The quantitative estimate of drug-likeness (QED) is 0.756. The van der Waals surface area contributed by atoms with E-state index in [1.807, 2.05) is 12.3 Å². The lowest BCUT2D eigenvalue weighted by Gasteiger charge is -2.24. The van der Waals surface area contributed by atoms with Crippen molar-refractivity contribution >= 4 is 0 Å². The largest absolute Gasteiger partial charge is 0.361 e. The first kappa shape index (κ1) is 16.1. The van der Waals surface area contributed by atoms with Crippen LogP contribution in [0.5, 0.6) is 0 Å². The van der Waals surface area contributed by atoms with Crippen LogP contribution < -0.4 is 0 Å². The van der Waals surface area contributed by atoms with E-state index in [-0.39, 0.29) is 0 Å². The summed E-state index contributed by atoms with van der Waals surface area (Å²) in [5.41, 5.74) is 5.87. The summed E-state index contributed by atoms with van der Waals surface area (Å²) in [6.07, 6.45) is 5.21. The maximum atomic E-state index is 5.54. The van der Waals surface area contributed by atoms with Gasteiger partial charge in [-0.05, 0) is 31.9 Å². The minimum absolute atomic E-state index is 0.389. The first-order valence-corrected chi connectivity index (χ1v) is 9.04. The fourth-order valence-corrected chi connectivity index (χ4v) is 3.95. The Balaban J connectivity index is 1.61. The summed E-state index contributed by atoms with van der Waals surface area (Å²) < 4.78 is 5.54. The highest BCUT2D eigenvalue weighted by atomic mass is 16.5. The van der Waals surface area contributed by atoms with Crippen LogP contribution >= 0.6 is 0 Å². The van der Waals surface area contributed by atoms with Crippen molar-refractivity contribution in [2.45, 2.75) is 45.7 Å². The molecule has 5 heteroatoms. The molecule has 3 heterocycles. The molecule has 1 fully saturated rings. The molecule has 1 aliphatic rings. The number of aryl methyl sites for hydroxylation is 2. The summed E-state index contributed by atoms with van der Waals surface area (Å²) >= 11 is 0. The first-order chi connectivity index (χ1) is 12.3. The average Bonchev–Trinajstić information content (AvgIpc) is 3.36. The van der Waals surface area contributed by atoms with E-state index in [2.05, 4.69) is 58.4 Å². The number of H-pyrrole nitrogens is 1. The van der Waals surface area contributed by atoms with Gasteiger partial charge in [0.25, 0.3) is 0 Å². The molecule has 25 heavy (non-hydrogen) atoms. The number of nitrogens with one attached hydrogen (secondary N) is 1. The Hall–Kier alpha value is -2.40. The monoisotopic (exact) mass is 336 g/mol. The third kappa shape index (κ3) is 3.00. The Morgan fingerprint density at radius 3 is 2.92 bits per heavy atom. The number of aromatic amines is 1. The maximum Gasteiger partial charge on any atom is 0.141 e. The van der Waals surface area contributed by atoms with E-state index < -0.39 is 0 Å². The lowest BCUT2D eigenvalue weighted by Crippen LogP contribution is -2.23. The molecule has 1 aliphatic heterocycles. The Morgan fingerprint density at radius 1 is 1.28 bits per heavy atom. The summed E-state index contributed by atoms with van der Waals surface area (Å²) in [4.78, 5) is 2.54. The van der Waals surface area contributed by atoms with Crippen LogP contribution in [0.15, 0.2) is 41.1 Å². The van der Waals surface area contributed by atoms with Crippen LogP contribution in [0.25, 0.3) is 11.3 Å². The zero-order valence-corrected chi connectivity index (χ0v) is 14.8. The molecule has 1 aromatic carbocycles. The summed E-state index contributed by atoms with van der Waals surface area (Å²) in [6.45, 7) is 6.17. The molecule has 0 spiro atoms. The van der Waals surface area contributed by atoms with E-state index in [0.29, 0.717) is 6.04 Å². The van der Waals surface area contributed by atoms with Crippen LogP contribution in [0.4, 0.5) is 0 Å². The van der Waals surface area contributed by atoms with Gasteiger partial charge in [0.2, 0.25) is 0 Å². The molecule has 3 aromatic rings. The molecule has 1 unspecified atom stereocenters. The van der Waals surface area contributed by atoms with E-state index in [9.17, 15) is 0 Å². The molecule has 1 saturated heterocycles. The van der Waals surface area contributed by atoms with Gasteiger partial charge in [0.15, 0.2) is 0 Å². The molecule has 2 aromatic heterocycles. The summed E-state index contributed by atoms with van der Waals surface area (Å²) in [5, 5.41) is 11.7. The Bertz CT molecular complexity index is 837. The first-order valence-electron chi connectivity index (χ1n) is 9.04. The molecule has 1 atom stereocenters. The van der Waals surface area contributed by atoms with Crippen LogP contribution in [0.2, 0.25) is 0 Å². The molecule has 0 aliphatic carbocycles. The lowest BCUT2D eigenvalue weighted by molar-refractivity contribution is 0.245. The molecule has 1 N–H and O–H groups in total. The van der Waals surface area contributed by atoms with Crippen molar-refractivity contribution in [1.29, 1.82) is 0 Å². The molecule has 5 nitrogen and oxygen atoms in total. The second-order valence-electron chi connectivity index (χ2n) is 6.72. The normalized spacial score (nSPS) is 18.1. The SMILES string of the molecule is CCc1onc(C)c1C1CCCN1Cc1cn[nH]c1-c1ccccc1. The number of rotatable bonds is 5. The number of nitrogens with zero attached hydrogens (tertiary/aromatic N) is 3. The van der Waals surface area contributed by atoms with Gasteiger partial charge in [-0.15, -0.1) is 0 Å². The second kappa shape index (κ2) is 6.84. The number of hydrogen-bond acceptors (Lipinski definition) is 4. The third-order valence-corrected chi connectivity index (χ3v) is 5.15. The van der Waals surface area contributed by atoms with Crippen molar-refractivity contribution in [1.82, 2.24) is 20.3 Å². The Kier molecular flexibility index (Phi) is 4.40. The molecular formula is C20H24N4O. The molecule has 4 rings (SSSR count). The van der Waals surface area contributed by atoms with Gasteiger partial charge in [0.1, 0.15) is 5.76 Å². The third-order valence-electron chi connectivity index (χ3n) is 5.15. The van der Waals surface area contributed by atoms with Gasteiger partial charge in [-0.25, -0.2) is 0 Å². The Labute approximate surface area is 148 Å². The van der Waals surface area contributed by atoms with E-state index >= 15 is 0 Å². The van der Waals surface area contributed by atoms with Crippen molar-refractivity contribution in [3.63, 3.8) is 0 Å². The molecule has 0 amide bonds. The number of aromatic nitrogens is 3. The molecular weight excluding hydrogens is 312 g/mol. The minimum Gasteiger partial charge on any atom is -0.361 e. The molecule has 0 radical (unpaired) electrons. The van der Waals surface area contributed by atoms with Crippen molar-refractivity contribution in [3.8, 4) is 11.3 Å². The molecule has 0 bridgehead atoms. The van der Waals surface area contributed by atoms with Gasteiger partial charge in [-0.2, -0.15) is 5.10 Å². The van der Waals surface area contributed by atoms with E-state index in [0.717, 1.165) is 43.1 Å². The lowest BCUT2D eigenvalue weighted by atomic mass is 10.0. The maximum absolute atomic E-state index is 5.54. The summed E-state index contributed by atoms with van der Waals surface area (Å²) in [7, 11) is 0. The predicted molar refractivity (Wildman–Crippen MR) is 97.0 cm³/mol. The predicted octanol–water partition coefficient (Wildman–Crippen LogP) is 4.27. The fraction of sp³-hybridized carbons (Fsp3) is 0.400. The smallest absolute Gasteiger partial charge is 0.141 e. The highest BCUT2D eigenvalue weighted by molar-refractivity contribution is 5.62. The topological polar surface area (TPSA) is 58.0 Å². The van der Waals surface area contributed by atoms with Crippen molar-refractivity contribution < 1.29 is 4.52 Å². The van der Waals surface area contributed by atoms with Crippen LogP contribution in [-0.4, -0.2) is 26.8 Å². The van der Waals surface area contributed by atoms with Gasteiger partial charge >= 0.3 is 0 Å². The van der Waals surface area contributed by atoms with Crippen molar-refractivity contribution in [2.75, 3.05) is 6.54 Å². The second-order valence-corrected chi connectivity index (χ2v) is 6.72. The standard InChI is InChI=1S/C20H24N4O/c1-3-18-19(14(2)23-25-18)17-10-7-11-24(17)13-16-12-21-22-20(16)15-8-5-4-6-9-15/h4-6,8-9,12,17H,3,7,10-11,13H2,1-2H3,(H,21,22). The van der Waals surface area contributed by atoms with Crippen LogP contribution in [0.3, 0.4) is 0 Å². The van der Waals surface area contributed by atoms with Gasteiger partial charge in [0, 0.05) is 30.1 Å². The van der Waals surface area contributed by atoms with Crippen LogP contribution in [0, 0.1) is 6.92 Å². The van der Waals surface area contributed by atoms with E-state index in [4.69, 9.17) is 4.52 Å². The highest BCUT2D eigenvalue weighted by Crippen LogP contribution is 2.37. The van der Waals surface area contributed by atoms with Gasteiger partial charge in [0.05, 0.1) is 17.6 Å². The van der Waals surface area contributed by atoms with Gasteiger partial charge in [-0.1, -0.05) is 42.4 Å². The van der Waals surface area contributed by atoms with Crippen LogP contribution in [0.1, 0.15) is 48.4 Å². The van der Waals surface area contributed by atoms with Crippen molar-refractivity contribution in [2.24, 2.45) is 0 Å². The number of hydrogen-bond donors (Lipinski definition) is 1. The summed E-state index contributed by atoms with van der Waals surface area (Å²) in [6, 6.07) is 10.8. The van der Waals surface area contributed by atoms with E-state index in [1.165, 1.54) is 23.1 Å². The van der Waals surface area contributed by atoms with Crippen molar-refractivity contribution in [3.05, 3.63) is 59.1 Å². The molecule has 130 valence electrons. The Morgan fingerprint density at radius 2 is 2.12 bits per heavy atom. The number of likely N-dealkylation sites (tertiary alicyclic amines) is 1.